The van der Waals surface area contributed by atoms with E-state index < -0.39 is 6.10 Å². The van der Waals surface area contributed by atoms with Crippen LogP contribution in [0, 0.1) is 32.1 Å². The van der Waals surface area contributed by atoms with Gasteiger partial charge in [-0.05, 0) is 43.9 Å². The minimum Gasteiger partial charge on any atom is -0.389 e. The Labute approximate surface area is 199 Å². The number of benzene rings is 1. The summed E-state index contributed by atoms with van der Waals surface area (Å²) < 4.78 is 5.28. The van der Waals surface area contributed by atoms with Crippen molar-refractivity contribution < 1.29 is 9.84 Å². The fourth-order valence-corrected chi connectivity index (χ4v) is 4.83. The van der Waals surface area contributed by atoms with Crippen molar-refractivity contribution in [3.63, 3.8) is 0 Å². The lowest BCUT2D eigenvalue weighted by molar-refractivity contribution is 0.0247. The van der Waals surface area contributed by atoms with E-state index in [-0.39, 0.29) is 18.8 Å². The van der Waals surface area contributed by atoms with E-state index >= 15 is 0 Å². The molecule has 0 unspecified atom stereocenters. The summed E-state index contributed by atoms with van der Waals surface area (Å²) in [6, 6.07) is 6.25. The number of aliphatic hydroxyl groups excluding tert-OH is 1. The summed E-state index contributed by atoms with van der Waals surface area (Å²) in [7, 11) is 0. The second-order valence-corrected chi connectivity index (χ2v) is 9.81. The highest BCUT2D eigenvalue weighted by atomic mass is 32.1. The Morgan fingerprint density at radius 1 is 1.30 bits per heavy atom. The quantitative estimate of drug-likeness (QED) is 0.328. The smallest absolute Gasteiger partial charge is 0.260 e. The van der Waals surface area contributed by atoms with Gasteiger partial charge in [0.1, 0.15) is 17.3 Å². The Balaban J connectivity index is 1.84. The van der Waals surface area contributed by atoms with Crippen LogP contribution < -0.4 is 5.56 Å². The van der Waals surface area contributed by atoms with Gasteiger partial charge in [0.2, 0.25) is 0 Å². The summed E-state index contributed by atoms with van der Waals surface area (Å²) in [5, 5.41) is 13.0. The first-order valence-electron chi connectivity index (χ1n) is 11.3. The number of terminal acetylenes is 1. The van der Waals surface area contributed by atoms with Gasteiger partial charge in [-0.2, -0.15) is 0 Å². The molecule has 0 aliphatic carbocycles. The predicted octanol–water partition coefficient (Wildman–Crippen LogP) is 4.13. The molecule has 2 heterocycles. The van der Waals surface area contributed by atoms with Gasteiger partial charge >= 0.3 is 0 Å². The number of aromatic amines is 1. The number of nitrogens with zero attached hydrogens (tertiary/aromatic N) is 2. The van der Waals surface area contributed by atoms with Crippen LogP contribution in [0.5, 0.6) is 0 Å². The summed E-state index contributed by atoms with van der Waals surface area (Å²) >= 11 is 1.49. The van der Waals surface area contributed by atoms with Gasteiger partial charge < -0.3 is 14.8 Å². The van der Waals surface area contributed by atoms with Crippen LogP contribution in [0.25, 0.3) is 21.3 Å². The fourth-order valence-electron chi connectivity index (χ4n) is 3.87. The lowest BCUT2D eigenvalue weighted by Crippen LogP contribution is -2.36. The molecular formula is C26H33N3O3S. The Morgan fingerprint density at radius 2 is 2.09 bits per heavy atom. The zero-order chi connectivity index (χ0) is 24.0. The summed E-state index contributed by atoms with van der Waals surface area (Å²) in [6.45, 7) is 10.4. The maximum Gasteiger partial charge on any atom is 0.260 e. The maximum atomic E-state index is 13.1. The third-order valence-corrected chi connectivity index (χ3v) is 6.40. The Morgan fingerprint density at radius 3 is 2.79 bits per heavy atom. The average molecular weight is 468 g/mol. The summed E-state index contributed by atoms with van der Waals surface area (Å²) in [4.78, 5) is 23.7. The van der Waals surface area contributed by atoms with E-state index in [4.69, 9.17) is 16.1 Å². The monoisotopic (exact) mass is 467 g/mol. The van der Waals surface area contributed by atoms with Gasteiger partial charge in [-0.1, -0.05) is 43.5 Å². The number of ether oxygens (including phenoxy) is 1. The van der Waals surface area contributed by atoms with Crippen LogP contribution in [0.4, 0.5) is 0 Å². The molecule has 33 heavy (non-hydrogen) atoms. The lowest BCUT2D eigenvalue weighted by Gasteiger charge is -2.25. The number of fused-ring (bicyclic) bond motifs is 1. The molecule has 0 bridgehead atoms. The van der Waals surface area contributed by atoms with Crippen LogP contribution in [-0.2, 0) is 11.3 Å². The molecule has 0 aliphatic rings. The van der Waals surface area contributed by atoms with Crippen LogP contribution in [-0.4, -0.2) is 52.4 Å². The number of aromatic nitrogens is 2. The number of H-pyrrole nitrogens is 1. The SMILES string of the molecule is C#CCOC[C@H](O)CN(CCC(C)C)Cc1nc2scc(-c3ccc(C)cc3C)c2c(=O)[nH]1. The van der Waals surface area contributed by atoms with Crippen LogP contribution in [0.3, 0.4) is 0 Å². The first-order chi connectivity index (χ1) is 15.8. The van der Waals surface area contributed by atoms with Crippen molar-refractivity contribution in [1.82, 2.24) is 14.9 Å². The van der Waals surface area contributed by atoms with E-state index in [1.54, 1.807) is 0 Å². The fraction of sp³-hybridized carbons (Fsp3) is 0.462. The summed E-state index contributed by atoms with van der Waals surface area (Å²) in [5.74, 6) is 3.53. The third-order valence-electron chi connectivity index (χ3n) is 5.53. The average Bonchev–Trinajstić information content (AvgIpc) is 3.16. The Kier molecular flexibility index (Phi) is 8.81. The zero-order valence-corrected chi connectivity index (χ0v) is 20.7. The summed E-state index contributed by atoms with van der Waals surface area (Å²) in [5.41, 5.74) is 4.18. The molecule has 2 aromatic heterocycles. The van der Waals surface area contributed by atoms with Crippen LogP contribution >= 0.6 is 11.3 Å². The number of hydrogen-bond acceptors (Lipinski definition) is 6. The second-order valence-electron chi connectivity index (χ2n) is 8.95. The van der Waals surface area contributed by atoms with E-state index in [0.717, 1.165) is 34.5 Å². The molecule has 0 spiro atoms. The minimum absolute atomic E-state index is 0.132. The second kappa shape index (κ2) is 11.6. The van der Waals surface area contributed by atoms with E-state index in [2.05, 4.69) is 61.7 Å². The number of aryl methyl sites for hydroxylation is 2. The highest BCUT2D eigenvalue weighted by molar-refractivity contribution is 7.17. The highest BCUT2D eigenvalue weighted by Gasteiger charge is 2.18. The molecule has 0 amide bonds. The van der Waals surface area contributed by atoms with Crippen molar-refractivity contribution in [2.24, 2.45) is 5.92 Å². The van der Waals surface area contributed by atoms with Gasteiger partial charge in [-0.25, -0.2) is 4.98 Å². The van der Waals surface area contributed by atoms with Gasteiger partial charge in [0, 0.05) is 17.5 Å². The number of nitrogens with one attached hydrogen (secondary N) is 1. The van der Waals surface area contributed by atoms with Crippen molar-refractivity contribution in [1.29, 1.82) is 0 Å². The van der Waals surface area contributed by atoms with Crippen molar-refractivity contribution in [3.05, 3.63) is 50.9 Å². The molecule has 3 rings (SSSR count). The van der Waals surface area contributed by atoms with Crippen LogP contribution in [0.15, 0.2) is 28.4 Å². The van der Waals surface area contributed by atoms with E-state index in [0.29, 0.717) is 30.2 Å². The van der Waals surface area contributed by atoms with Gasteiger partial charge in [-0.15, -0.1) is 17.8 Å². The maximum absolute atomic E-state index is 13.1. The number of thiophene rings is 1. The molecule has 176 valence electrons. The van der Waals surface area contributed by atoms with Gasteiger partial charge in [0.05, 0.1) is 24.6 Å². The number of rotatable bonds is 11. The van der Waals surface area contributed by atoms with Crippen molar-refractivity contribution >= 4 is 21.6 Å². The molecule has 1 aromatic carbocycles. The molecule has 7 heteroatoms. The topological polar surface area (TPSA) is 78.5 Å². The van der Waals surface area contributed by atoms with Crippen LogP contribution in [0.2, 0.25) is 0 Å². The largest absolute Gasteiger partial charge is 0.389 e. The van der Waals surface area contributed by atoms with Crippen molar-refractivity contribution in [3.8, 4) is 23.5 Å². The van der Waals surface area contributed by atoms with E-state index in [9.17, 15) is 9.90 Å². The standard InChI is InChI=1S/C26H33N3O3S/c1-6-11-32-15-20(30)13-29(10-9-17(2)3)14-23-27-25(31)24-22(16-33-26(24)28-23)21-8-7-18(4)12-19(21)5/h1,7-8,12,16-17,20,30H,9-11,13-15H2,2-5H3,(H,27,28,31)/t20-/m1/s1. The molecule has 2 N–H and O–H groups in total. The van der Waals surface area contributed by atoms with Crippen molar-refractivity contribution in [2.75, 3.05) is 26.3 Å². The first-order valence-corrected chi connectivity index (χ1v) is 12.2. The number of hydrogen-bond donors (Lipinski definition) is 2. The Bertz CT molecular complexity index is 1180. The molecule has 0 radical (unpaired) electrons. The molecule has 0 aliphatic heterocycles. The van der Waals surface area contributed by atoms with Gasteiger partial charge in [-0.3, -0.25) is 9.69 Å². The lowest BCUT2D eigenvalue weighted by atomic mass is 9.99. The molecule has 3 aromatic rings. The zero-order valence-electron chi connectivity index (χ0n) is 19.9. The van der Waals surface area contributed by atoms with Gasteiger partial charge in [0.25, 0.3) is 5.56 Å². The number of aliphatic hydroxyl groups is 1. The van der Waals surface area contributed by atoms with Gasteiger partial charge in [0.15, 0.2) is 0 Å². The normalized spacial score (nSPS) is 12.5. The molecule has 1 atom stereocenters. The predicted molar refractivity (Wildman–Crippen MR) is 136 cm³/mol. The molecule has 6 nitrogen and oxygen atoms in total. The third kappa shape index (κ3) is 6.75. The summed E-state index contributed by atoms with van der Waals surface area (Å²) in [6.07, 6.45) is 5.51. The van der Waals surface area contributed by atoms with E-state index in [1.165, 1.54) is 16.9 Å². The highest BCUT2D eigenvalue weighted by Crippen LogP contribution is 2.33. The van der Waals surface area contributed by atoms with E-state index in [1.807, 2.05) is 5.38 Å². The molecular weight excluding hydrogens is 434 g/mol. The van der Waals surface area contributed by atoms with Crippen LogP contribution in [0.1, 0.15) is 37.2 Å². The molecule has 0 fully saturated rings. The molecule has 0 saturated carbocycles. The Hall–Kier alpha value is -2.50. The minimum atomic E-state index is -0.668. The molecule has 0 saturated heterocycles. The first kappa shape index (κ1) is 25.1. The van der Waals surface area contributed by atoms with Crippen molar-refractivity contribution in [2.45, 2.75) is 46.8 Å².